The Balaban J connectivity index is 2.08. The summed E-state index contributed by atoms with van der Waals surface area (Å²) < 4.78 is 0. The normalized spacial score (nSPS) is 37.0. The zero-order chi connectivity index (χ0) is 7.14. The van der Waals surface area contributed by atoms with Crippen LogP contribution in [0.2, 0.25) is 0 Å². The number of guanidine groups is 1. The third kappa shape index (κ3) is 0.686. The number of rotatable bonds is 0. The number of nitrogens with two attached hydrogens (primary N) is 1. The molecule has 2 atom stereocenters. The standard InChI is InChI=1S/C6H12N4/c7-6(8)10-3-4-1-5(10)2-9-4/h4-5,9H,1-3H2,(H3,7,8)/t4-,5-/m0/s1. The first-order valence-electron chi connectivity index (χ1n) is 3.61. The molecule has 0 unspecified atom stereocenters. The summed E-state index contributed by atoms with van der Waals surface area (Å²) in [6.45, 7) is 1.93. The second-order valence-corrected chi connectivity index (χ2v) is 3.03. The van der Waals surface area contributed by atoms with Crippen molar-refractivity contribution in [2.45, 2.75) is 18.5 Å². The molecular weight excluding hydrogens is 128 g/mol. The van der Waals surface area contributed by atoms with Crippen LogP contribution in [0.1, 0.15) is 6.42 Å². The molecule has 2 aliphatic heterocycles. The van der Waals surface area contributed by atoms with E-state index in [-0.39, 0.29) is 5.96 Å². The highest BCUT2D eigenvalue weighted by atomic mass is 15.3. The van der Waals surface area contributed by atoms with Crippen LogP contribution in [0.15, 0.2) is 0 Å². The van der Waals surface area contributed by atoms with Crippen molar-refractivity contribution in [3.63, 3.8) is 0 Å². The quantitative estimate of drug-likeness (QED) is 0.296. The van der Waals surface area contributed by atoms with Crippen LogP contribution >= 0.6 is 0 Å². The van der Waals surface area contributed by atoms with Crippen molar-refractivity contribution in [1.29, 1.82) is 5.41 Å². The maximum Gasteiger partial charge on any atom is 0.188 e. The lowest BCUT2D eigenvalue weighted by molar-refractivity contribution is 0.339. The lowest BCUT2D eigenvalue weighted by atomic mass is 10.2. The van der Waals surface area contributed by atoms with Crippen LogP contribution < -0.4 is 11.1 Å². The zero-order valence-electron chi connectivity index (χ0n) is 5.80. The smallest absolute Gasteiger partial charge is 0.188 e. The van der Waals surface area contributed by atoms with E-state index in [0.717, 1.165) is 13.1 Å². The van der Waals surface area contributed by atoms with Crippen molar-refractivity contribution in [2.75, 3.05) is 13.1 Å². The van der Waals surface area contributed by atoms with Gasteiger partial charge in [0.15, 0.2) is 5.96 Å². The van der Waals surface area contributed by atoms with Gasteiger partial charge < -0.3 is 16.0 Å². The van der Waals surface area contributed by atoms with Crippen LogP contribution in [-0.4, -0.2) is 36.0 Å². The van der Waals surface area contributed by atoms with Crippen LogP contribution in [-0.2, 0) is 0 Å². The van der Waals surface area contributed by atoms with Crippen molar-refractivity contribution in [1.82, 2.24) is 10.2 Å². The molecule has 0 aromatic rings. The summed E-state index contributed by atoms with van der Waals surface area (Å²) in [4.78, 5) is 1.97. The number of likely N-dealkylation sites (tertiary alicyclic amines) is 1. The van der Waals surface area contributed by atoms with Gasteiger partial charge >= 0.3 is 0 Å². The van der Waals surface area contributed by atoms with E-state index < -0.39 is 0 Å². The summed E-state index contributed by atoms with van der Waals surface area (Å²) in [5, 5.41) is 10.6. The molecule has 0 amide bonds. The number of hydrogen-bond acceptors (Lipinski definition) is 2. The Hall–Kier alpha value is -0.770. The Morgan fingerprint density at radius 3 is 2.80 bits per heavy atom. The summed E-state index contributed by atoms with van der Waals surface area (Å²) in [6.07, 6.45) is 1.17. The molecule has 2 bridgehead atoms. The minimum atomic E-state index is 0.231. The van der Waals surface area contributed by atoms with Crippen LogP contribution in [0.25, 0.3) is 0 Å². The van der Waals surface area contributed by atoms with Gasteiger partial charge in [-0.15, -0.1) is 0 Å². The van der Waals surface area contributed by atoms with E-state index in [1.54, 1.807) is 0 Å². The van der Waals surface area contributed by atoms with Gasteiger partial charge in [-0.05, 0) is 6.42 Å². The van der Waals surface area contributed by atoms with Crippen molar-refractivity contribution in [3.8, 4) is 0 Å². The Labute approximate surface area is 59.9 Å². The SMILES string of the molecule is N=C(N)N1C[C@@H]2C[C@H]1CN2. The van der Waals surface area contributed by atoms with E-state index in [9.17, 15) is 0 Å². The average molecular weight is 140 g/mol. The van der Waals surface area contributed by atoms with E-state index in [0.29, 0.717) is 12.1 Å². The second kappa shape index (κ2) is 1.85. The predicted octanol–water partition coefficient (Wildman–Crippen LogP) is -1.07. The molecule has 2 aliphatic rings. The molecule has 2 saturated heterocycles. The van der Waals surface area contributed by atoms with E-state index in [4.69, 9.17) is 11.1 Å². The molecule has 10 heavy (non-hydrogen) atoms. The zero-order valence-corrected chi connectivity index (χ0v) is 5.80. The molecule has 0 aliphatic carbocycles. The topological polar surface area (TPSA) is 65.1 Å². The third-order valence-corrected chi connectivity index (χ3v) is 2.37. The number of nitrogens with one attached hydrogen (secondary N) is 2. The van der Waals surface area contributed by atoms with Gasteiger partial charge in [-0.1, -0.05) is 0 Å². The summed E-state index contributed by atoms with van der Waals surface area (Å²) >= 11 is 0. The Morgan fingerprint density at radius 1 is 1.70 bits per heavy atom. The molecule has 0 radical (unpaired) electrons. The van der Waals surface area contributed by atoms with E-state index in [1.807, 2.05) is 4.90 Å². The lowest BCUT2D eigenvalue weighted by Gasteiger charge is -2.27. The molecule has 2 fully saturated rings. The van der Waals surface area contributed by atoms with Crippen molar-refractivity contribution in [2.24, 2.45) is 5.73 Å². The molecule has 4 nitrogen and oxygen atoms in total. The number of hydrogen-bond donors (Lipinski definition) is 3. The minimum absolute atomic E-state index is 0.231. The molecule has 0 saturated carbocycles. The summed E-state index contributed by atoms with van der Waals surface area (Å²) in [5.41, 5.74) is 5.37. The molecule has 4 N–H and O–H groups in total. The first-order chi connectivity index (χ1) is 4.77. The molecule has 2 heterocycles. The Kier molecular flexibility index (Phi) is 1.11. The Morgan fingerprint density at radius 2 is 2.50 bits per heavy atom. The second-order valence-electron chi connectivity index (χ2n) is 3.03. The number of nitrogens with zero attached hydrogens (tertiary/aromatic N) is 1. The van der Waals surface area contributed by atoms with E-state index in [2.05, 4.69) is 5.32 Å². The largest absolute Gasteiger partial charge is 0.370 e. The van der Waals surface area contributed by atoms with Gasteiger partial charge in [0.05, 0.1) is 0 Å². The third-order valence-electron chi connectivity index (χ3n) is 2.37. The summed E-state index contributed by atoms with van der Waals surface area (Å²) in [6, 6.07) is 1.09. The highest BCUT2D eigenvalue weighted by Crippen LogP contribution is 2.21. The van der Waals surface area contributed by atoms with Crippen LogP contribution in [0.3, 0.4) is 0 Å². The molecular formula is C6H12N4. The summed E-state index contributed by atoms with van der Waals surface area (Å²) in [7, 11) is 0. The molecule has 2 rings (SSSR count). The molecule has 0 spiro atoms. The van der Waals surface area contributed by atoms with Gasteiger partial charge in [-0.25, -0.2) is 0 Å². The molecule has 0 aromatic carbocycles. The monoisotopic (exact) mass is 140 g/mol. The minimum Gasteiger partial charge on any atom is -0.370 e. The highest BCUT2D eigenvalue weighted by Gasteiger charge is 2.37. The van der Waals surface area contributed by atoms with Crippen LogP contribution in [0.4, 0.5) is 0 Å². The number of fused-ring (bicyclic) bond motifs is 2. The lowest BCUT2D eigenvalue weighted by Crippen LogP contribution is -2.49. The first-order valence-corrected chi connectivity index (χ1v) is 3.61. The van der Waals surface area contributed by atoms with Crippen molar-refractivity contribution < 1.29 is 0 Å². The van der Waals surface area contributed by atoms with Gasteiger partial charge in [0.25, 0.3) is 0 Å². The van der Waals surface area contributed by atoms with Gasteiger partial charge in [-0.3, -0.25) is 5.41 Å². The summed E-state index contributed by atoms with van der Waals surface area (Å²) in [5.74, 6) is 0.231. The predicted molar refractivity (Wildman–Crippen MR) is 38.8 cm³/mol. The maximum atomic E-state index is 7.22. The molecule has 4 heteroatoms. The van der Waals surface area contributed by atoms with E-state index in [1.165, 1.54) is 6.42 Å². The first kappa shape index (κ1) is 5.97. The fourth-order valence-electron chi connectivity index (χ4n) is 1.86. The highest BCUT2D eigenvalue weighted by molar-refractivity contribution is 5.75. The fourth-order valence-corrected chi connectivity index (χ4v) is 1.86. The van der Waals surface area contributed by atoms with Crippen molar-refractivity contribution in [3.05, 3.63) is 0 Å². The van der Waals surface area contributed by atoms with Crippen LogP contribution in [0, 0.1) is 5.41 Å². The molecule has 56 valence electrons. The average Bonchev–Trinajstić information content (AvgIpc) is 2.44. The number of piperazine rings is 1. The van der Waals surface area contributed by atoms with Gasteiger partial charge in [-0.2, -0.15) is 0 Å². The van der Waals surface area contributed by atoms with E-state index >= 15 is 0 Å². The fraction of sp³-hybridized carbons (Fsp3) is 0.833. The van der Waals surface area contributed by atoms with Gasteiger partial charge in [0, 0.05) is 25.2 Å². The van der Waals surface area contributed by atoms with Gasteiger partial charge in [0.2, 0.25) is 0 Å². The molecule has 0 aromatic heterocycles. The maximum absolute atomic E-state index is 7.22. The van der Waals surface area contributed by atoms with Crippen LogP contribution in [0.5, 0.6) is 0 Å². The van der Waals surface area contributed by atoms with Crippen molar-refractivity contribution >= 4 is 5.96 Å². The van der Waals surface area contributed by atoms with Gasteiger partial charge in [0.1, 0.15) is 0 Å². The Bertz CT molecular complexity index is 167.